The molecule has 1 saturated heterocycles. The molecule has 9 heteroatoms. The minimum Gasteiger partial charge on any atom is -0.392 e. The fraction of sp³-hybridized carbons (Fsp3) is 0.455. The van der Waals surface area contributed by atoms with E-state index in [0.29, 0.717) is 11.2 Å². The van der Waals surface area contributed by atoms with Crippen molar-refractivity contribution in [3.05, 3.63) is 24.2 Å². The Hall–Kier alpha value is -1.81. The van der Waals surface area contributed by atoms with Gasteiger partial charge in [0.2, 0.25) is 0 Å². The molecule has 6 N–H and O–H groups in total. The SMILES string of the molecule is Nc1ncnn2c([C@@H]3O[C@](N)(CO)[C@@H](O)[C@H]3F)ccc12. The van der Waals surface area contributed by atoms with Gasteiger partial charge >= 0.3 is 0 Å². The normalized spacial score (nSPS) is 33.9. The van der Waals surface area contributed by atoms with Gasteiger partial charge in [0.05, 0.1) is 12.3 Å². The number of hydrogen-bond acceptors (Lipinski definition) is 7. The molecule has 0 aromatic carbocycles. The number of nitrogen functional groups attached to an aromatic ring is 1. The van der Waals surface area contributed by atoms with Crippen LogP contribution in [0.1, 0.15) is 11.8 Å². The summed E-state index contributed by atoms with van der Waals surface area (Å²) in [5.74, 6) is 0.237. The molecule has 1 fully saturated rings. The van der Waals surface area contributed by atoms with Gasteiger partial charge in [-0.15, -0.1) is 0 Å². The highest BCUT2D eigenvalue weighted by molar-refractivity contribution is 5.65. The van der Waals surface area contributed by atoms with Crippen LogP contribution in [0, 0.1) is 0 Å². The minimum absolute atomic E-state index is 0.237. The van der Waals surface area contributed by atoms with Gasteiger partial charge in [0.1, 0.15) is 24.1 Å². The van der Waals surface area contributed by atoms with Gasteiger partial charge in [-0.05, 0) is 12.1 Å². The standard InChI is InChI=1S/C11H14FN5O3/c12-7-8(20-11(14,3-18)9(7)19)5-1-2-6-10(13)15-4-16-17(5)6/h1-2,4,7-9,18-19H,3,14H2,(H2,13,15,16)/t7-,8-,9-,11+/m0/s1. The highest BCUT2D eigenvalue weighted by Crippen LogP contribution is 2.39. The molecule has 2 aromatic rings. The van der Waals surface area contributed by atoms with Crippen molar-refractivity contribution in [3.63, 3.8) is 0 Å². The fourth-order valence-corrected chi connectivity index (χ4v) is 2.35. The molecule has 0 unspecified atom stereocenters. The number of aliphatic hydroxyl groups excluding tert-OH is 2. The van der Waals surface area contributed by atoms with Crippen LogP contribution in [0.25, 0.3) is 5.52 Å². The van der Waals surface area contributed by atoms with E-state index in [1.54, 1.807) is 12.1 Å². The first-order chi connectivity index (χ1) is 9.48. The smallest absolute Gasteiger partial charge is 0.170 e. The van der Waals surface area contributed by atoms with E-state index in [-0.39, 0.29) is 5.82 Å². The average molecular weight is 283 g/mol. The van der Waals surface area contributed by atoms with E-state index >= 15 is 0 Å². The first kappa shape index (κ1) is 13.2. The zero-order valence-corrected chi connectivity index (χ0v) is 10.3. The third kappa shape index (κ3) is 1.68. The molecule has 0 spiro atoms. The van der Waals surface area contributed by atoms with Gasteiger partial charge in [-0.3, -0.25) is 5.73 Å². The first-order valence-corrected chi connectivity index (χ1v) is 5.96. The number of aliphatic hydroxyl groups is 2. The molecular weight excluding hydrogens is 269 g/mol. The molecule has 8 nitrogen and oxygen atoms in total. The molecule has 0 radical (unpaired) electrons. The summed E-state index contributed by atoms with van der Waals surface area (Å²) in [6.45, 7) is -0.703. The zero-order valence-electron chi connectivity index (χ0n) is 10.3. The van der Waals surface area contributed by atoms with E-state index in [1.165, 1.54) is 10.8 Å². The van der Waals surface area contributed by atoms with Crippen LogP contribution in [0.5, 0.6) is 0 Å². The Balaban J connectivity index is 2.06. The molecule has 108 valence electrons. The van der Waals surface area contributed by atoms with Crippen LogP contribution in [0.2, 0.25) is 0 Å². The quantitative estimate of drug-likeness (QED) is 0.540. The Morgan fingerprint density at radius 1 is 1.50 bits per heavy atom. The Labute approximate surface area is 112 Å². The summed E-state index contributed by atoms with van der Waals surface area (Å²) < 4.78 is 20.9. The van der Waals surface area contributed by atoms with E-state index in [1.807, 2.05) is 0 Å². The van der Waals surface area contributed by atoms with Gasteiger partial charge < -0.3 is 20.7 Å². The molecule has 0 bridgehead atoms. The number of nitrogens with two attached hydrogens (primary N) is 2. The lowest BCUT2D eigenvalue weighted by molar-refractivity contribution is -0.109. The predicted octanol–water partition coefficient (Wildman–Crippen LogP) is -1.27. The Morgan fingerprint density at radius 2 is 2.25 bits per heavy atom. The monoisotopic (exact) mass is 283 g/mol. The van der Waals surface area contributed by atoms with E-state index in [0.717, 1.165) is 0 Å². The van der Waals surface area contributed by atoms with Crippen molar-refractivity contribution in [2.45, 2.75) is 24.1 Å². The molecule has 3 heterocycles. The number of fused-ring (bicyclic) bond motifs is 1. The lowest BCUT2D eigenvalue weighted by Gasteiger charge is -2.24. The van der Waals surface area contributed by atoms with Crippen LogP contribution >= 0.6 is 0 Å². The highest BCUT2D eigenvalue weighted by atomic mass is 19.1. The van der Waals surface area contributed by atoms with Gasteiger partial charge in [-0.1, -0.05) is 0 Å². The summed E-state index contributed by atoms with van der Waals surface area (Å²) in [5, 5.41) is 22.9. The Morgan fingerprint density at radius 3 is 2.90 bits per heavy atom. The topological polar surface area (TPSA) is 132 Å². The number of hydrogen-bond donors (Lipinski definition) is 4. The third-order valence-corrected chi connectivity index (χ3v) is 3.49. The van der Waals surface area contributed by atoms with Crippen molar-refractivity contribution >= 4 is 11.3 Å². The lowest BCUT2D eigenvalue weighted by Crippen LogP contribution is -2.53. The Bertz CT molecular complexity index is 650. The molecular formula is C11H14FN5O3. The largest absolute Gasteiger partial charge is 0.392 e. The second kappa shape index (κ2) is 4.35. The van der Waals surface area contributed by atoms with Crippen LogP contribution in [-0.4, -0.2) is 49.4 Å². The zero-order chi connectivity index (χ0) is 14.5. The number of aromatic nitrogens is 3. The van der Waals surface area contributed by atoms with Crippen molar-refractivity contribution in [1.29, 1.82) is 0 Å². The molecule has 4 atom stereocenters. The van der Waals surface area contributed by atoms with Crippen molar-refractivity contribution in [2.75, 3.05) is 12.3 Å². The summed E-state index contributed by atoms with van der Waals surface area (Å²) in [6.07, 6.45) is -3.35. The number of alkyl halides is 1. The van der Waals surface area contributed by atoms with E-state index in [9.17, 15) is 9.50 Å². The van der Waals surface area contributed by atoms with Crippen LogP contribution in [0.15, 0.2) is 18.5 Å². The van der Waals surface area contributed by atoms with E-state index in [2.05, 4.69) is 10.1 Å². The molecule has 1 aliphatic heterocycles. The van der Waals surface area contributed by atoms with Crippen molar-refractivity contribution in [2.24, 2.45) is 5.73 Å². The van der Waals surface area contributed by atoms with Crippen molar-refractivity contribution in [1.82, 2.24) is 14.6 Å². The van der Waals surface area contributed by atoms with Gasteiger partial charge in [0, 0.05) is 0 Å². The second-order valence-corrected chi connectivity index (χ2v) is 4.74. The third-order valence-electron chi connectivity index (χ3n) is 3.49. The molecule has 2 aromatic heterocycles. The summed E-state index contributed by atoms with van der Waals surface area (Å²) >= 11 is 0. The number of anilines is 1. The maximum Gasteiger partial charge on any atom is 0.170 e. The van der Waals surface area contributed by atoms with Crippen molar-refractivity contribution in [3.8, 4) is 0 Å². The first-order valence-electron chi connectivity index (χ1n) is 5.96. The summed E-state index contributed by atoms with van der Waals surface area (Å²) in [7, 11) is 0. The fourth-order valence-electron chi connectivity index (χ4n) is 2.35. The second-order valence-electron chi connectivity index (χ2n) is 4.74. The van der Waals surface area contributed by atoms with Gasteiger partial charge in [0.15, 0.2) is 17.7 Å². The maximum absolute atomic E-state index is 14.2. The molecule has 0 aliphatic carbocycles. The maximum atomic E-state index is 14.2. The highest BCUT2D eigenvalue weighted by Gasteiger charge is 2.54. The minimum atomic E-state index is -1.84. The Kier molecular flexibility index (Phi) is 2.87. The summed E-state index contributed by atoms with van der Waals surface area (Å²) in [6, 6.07) is 3.18. The average Bonchev–Trinajstić information content (AvgIpc) is 2.96. The van der Waals surface area contributed by atoms with Gasteiger partial charge in [-0.2, -0.15) is 5.10 Å². The number of rotatable bonds is 2. The van der Waals surface area contributed by atoms with Crippen LogP contribution in [0.3, 0.4) is 0 Å². The van der Waals surface area contributed by atoms with Crippen LogP contribution in [-0.2, 0) is 4.74 Å². The van der Waals surface area contributed by atoms with Crippen LogP contribution < -0.4 is 11.5 Å². The predicted molar refractivity (Wildman–Crippen MR) is 66.1 cm³/mol. The number of nitrogens with zero attached hydrogens (tertiary/aromatic N) is 3. The van der Waals surface area contributed by atoms with Gasteiger partial charge in [0.25, 0.3) is 0 Å². The number of halogens is 1. The number of ether oxygens (including phenoxy) is 1. The summed E-state index contributed by atoms with van der Waals surface area (Å²) in [4.78, 5) is 3.82. The molecule has 0 saturated carbocycles. The lowest BCUT2D eigenvalue weighted by atomic mass is 10.0. The van der Waals surface area contributed by atoms with Crippen LogP contribution in [0.4, 0.5) is 10.2 Å². The molecule has 0 amide bonds. The van der Waals surface area contributed by atoms with Gasteiger partial charge in [-0.25, -0.2) is 13.9 Å². The molecule has 3 rings (SSSR count). The van der Waals surface area contributed by atoms with E-state index in [4.69, 9.17) is 21.3 Å². The molecule has 1 aliphatic rings. The summed E-state index contributed by atoms with van der Waals surface area (Å²) in [5.41, 5.74) is 10.3. The van der Waals surface area contributed by atoms with E-state index < -0.39 is 30.7 Å². The van der Waals surface area contributed by atoms with Crippen molar-refractivity contribution < 1.29 is 19.3 Å². The molecule has 20 heavy (non-hydrogen) atoms.